The average molecular weight is 246 g/mol. The second kappa shape index (κ2) is 5.11. The van der Waals surface area contributed by atoms with Crippen molar-refractivity contribution in [1.82, 2.24) is 4.98 Å². The molecule has 0 radical (unpaired) electrons. The number of aromatic nitrogens is 1. The third-order valence-corrected chi connectivity index (χ3v) is 2.67. The highest BCUT2D eigenvalue weighted by Crippen LogP contribution is 2.16. The molecule has 0 N–H and O–H groups in total. The highest BCUT2D eigenvalue weighted by Gasteiger charge is 2.08. The summed E-state index contributed by atoms with van der Waals surface area (Å²) < 4.78 is 0. The molecule has 0 unspecified atom stereocenters. The van der Waals surface area contributed by atoms with Gasteiger partial charge in [0.2, 0.25) is 0 Å². The minimum absolute atomic E-state index is 0.0589. The van der Waals surface area contributed by atoms with Crippen LogP contribution in [0.25, 0.3) is 0 Å². The smallest absolute Gasteiger partial charge is 0.167 e. The predicted octanol–water partition coefficient (Wildman–Crippen LogP) is 3.47. The second-order valence-electron chi connectivity index (χ2n) is 3.98. The van der Waals surface area contributed by atoms with Crippen molar-refractivity contribution >= 4 is 17.4 Å². The van der Waals surface area contributed by atoms with Crippen LogP contribution in [0, 0.1) is 6.92 Å². The summed E-state index contributed by atoms with van der Waals surface area (Å²) in [5.41, 5.74) is 2.56. The van der Waals surface area contributed by atoms with Crippen molar-refractivity contribution in [1.29, 1.82) is 0 Å². The van der Waals surface area contributed by atoms with Gasteiger partial charge in [-0.25, -0.2) is 0 Å². The largest absolute Gasteiger partial charge is 0.294 e. The number of hydrogen-bond donors (Lipinski definition) is 0. The van der Waals surface area contributed by atoms with Gasteiger partial charge in [-0.1, -0.05) is 17.7 Å². The Morgan fingerprint density at radius 1 is 1.35 bits per heavy atom. The van der Waals surface area contributed by atoms with Crippen molar-refractivity contribution in [2.75, 3.05) is 0 Å². The summed E-state index contributed by atoms with van der Waals surface area (Å²) in [4.78, 5) is 16.0. The van der Waals surface area contributed by atoms with Gasteiger partial charge in [0, 0.05) is 29.4 Å². The third kappa shape index (κ3) is 3.14. The molecule has 0 aliphatic carbocycles. The summed E-state index contributed by atoms with van der Waals surface area (Å²) in [6, 6.07) is 9.11. The summed E-state index contributed by atoms with van der Waals surface area (Å²) in [6.45, 7) is 1.92. The van der Waals surface area contributed by atoms with E-state index in [1.165, 1.54) is 0 Å². The van der Waals surface area contributed by atoms with Gasteiger partial charge in [-0.15, -0.1) is 0 Å². The van der Waals surface area contributed by atoms with Gasteiger partial charge < -0.3 is 0 Å². The van der Waals surface area contributed by atoms with Crippen LogP contribution in [-0.4, -0.2) is 10.8 Å². The molecule has 0 saturated heterocycles. The Bertz CT molecular complexity index is 517. The molecular weight excluding hydrogens is 234 g/mol. The molecule has 0 aliphatic heterocycles. The Balaban J connectivity index is 2.20. The first-order valence-corrected chi connectivity index (χ1v) is 5.72. The monoisotopic (exact) mass is 245 g/mol. The van der Waals surface area contributed by atoms with Crippen molar-refractivity contribution in [3.63, 3.8) is 0 Å². The lowest BCUT2D eigenvalue weighted by atomic mass is 10.0. The second-order valence-corrected chi connectivity index (χ2v) is 4.41. The van der Waals surface area contributed by atoms with Gasteiger partial charge in [-0.2, -0.15) is 0 Å². The molecule has 2 rings (SSSR count). The van der Waals surface area contributed by atoms with Gasteiger partial charge in [0.25, 0.3) is 0 Å². The van der Waals surface area contributed by atoms with E-state index in [2.05, 4.69) is 4.98 Å². The van der Waals surface area contributed by atoms with Crippen LogP contribution in [0.5, 0.6) is 0 Å². The number of carbonyl (C=O) groups excluding carboxylic acids is 1. The van der Waals surface area contributed by atoms with Gasteiger partial charge in [0.1, 0.15) is 0 Å². The van der Waals surface area contributed by atoms with Crippen molar-refractivity contribution in [3.05, 3.63) is 64.4 Å². The zero-order valence-electron chi connectivity index (χ0n) is 9.48. The number of nitrogens with zero attached hydrogens (tertiary/aromatic N) is 1. The fraction of sp³-hybridized carbons (Fsp3) is 0.143. The molecular formula is C14H12ClNO. The summed E-state index contributed by atoms with van der Waals surface area (Å²) in [7, 11) is 0. The Morgan fingerprint density at radius 3 is 2.82 bits per heavy atom. The first kappa shape index (κ1) is 11.8. The molecule has 2 nitrogen and oxygen atoms in total. The first-order valence-electron chi connectivity index (χ1n) is 5.34. The molecule has 1 heterocycles. The fourth-order valence-corrected chi connectivity index (χ4v) is 1.98. The third-order valence-electron chi connectivity index (χ3n) is 2.45. The number of carbonyl (C=O) groups is 1. The van der Waals surface area contributed by atoms with Crippen LogP contribution in [0.15, 0.2) is 42.7 Å². The van der Waals surface area contributed by atoms with Crippen molar-refractivity contribution < 1.29 is 4.79 Å². The topological polar surface area (TPSA) is 30.0 Å². The standard InChI is InChI=1S/C14H12ClNO/c1-10-5-12(8-13(15)6-10)14(17)7-11-3-2-4-16-9-11/h2-6,8-9H,7H2,1H3. The number of hydrogen-bond acceptors (Lipinski definition) is 2. The summed E-state index contributed by atoms with van der Waals surface area (Å²) in [6.07, 6.45) is 3.75. The van der Waals surface area contributed by atoms with Crippen LogP contribution in [-0.2, 0) is 6.42 Å². The van der Waals surface area contributed by atoms with Gasteiger partial charge in [-0.05, 0) is 42.3 Å². The molecule has 3 heteroatoms. The number of aryl methyl sites for hydroxylation is 1. The molecule has 0 aliphatic rings. The fourth-order valence-electron chi connectivity index (χ4n) is 1.69. The summed E-state index contributed by atoms with van der Waals surface area (Å²) in [5, 5.41) is 0.597. The van der Waals surface area contributed by atoms with E-state index in [4.69, 9.17) is 11.6 Å². The van der Waals surface area contributed by atoms with E-state index in [0.29, 0.717) is 17.0 Å². The van der Waals surface area contributed by atoms with Crippen LogP contribution >= 0.6 is 11.6 Å². The zero-order chi connectivity index (χ0) is 12.3. The summed E-state index contributed by atoms with van der Waals surface area (Å²) >= 11 is 5.93. The lowest BCUT2D eigenvalue weighted by Crippen LogP contribution is -2.04. The van der Waals surface area contributed by atoms with Gasteiger partial charge in [-0.3, -0.25) is 9.78 Å². The lowest BCUT2D eigenvalue weighted by molar-refractivity contribution is 0.0993. The number of rotatable bonds is 3. The zero-order valence-corrected chi connectivity index (χ0v) is 10.2. The highest BCUT2D eigenvalue weighted by atomic mass is 35.5. The van der Waals surface area contributed by atoms with Gasteiger partial charge >= 0.3 is 0 Å². The van der Waals surface area contributed by atoms with E-state index in [-0.39, 0.29) is 5.78 Å². The first-order chi connectivity index (χ1) is 8.15. The predicted molar refractivity (Wildman–Crippen MR) is 68.5 cm³/mol. The van der Waals surface area contributed by atoms with Crippen LogP contribution in [0.3, 0.4) is 0 Å². The van der Waals surface area contributed by atoms with E-state index < -0.39 is 0 Å². The molecule has 1 aromatic carbocycles. The minimum atomic E-state index is 0.0589. The molecule has 17 heavy (non-hydrogen) atoms. The number of Topliss-reactive ketones (excluding diaryl/α,β-unsaturated/α-hetero) is 1. The molecule has 1 aromatic heterocycles. The van der Waals surface area contributed by atoms with E-state index >= 15 is 0 Å². The molecule has 86 valence electrons. The molecule has 0 spiro atoms. The average Bonchev–Trinajstić information content (AvgIpc) is 2.29. The van der Waals surface area contributed by atoms with Crippen LogP contribution in [0.2, 0.25) is 5.02 Å². The van der Waals surface area contributed by atoms with Gasteiger partial charge in [0.15, 0.2) is 5.78 Å². The molecule has 0 saturated carbocycles. The molecule has 2 aromatic rings. The molecule has 0 bridgehead atoms. The summed E-state index contributed by atoms with van der Waals surface area (Å²) in [5.74, 6) is 0.0589. The van der Waals surface area contributed by atoms with Gasteiger partial charge in [0.05, 0.1) is 0 Å². The maximum absolute atomic E-state index is 12.0. The molecule has 0 amide bonds. The number of ketones is 1. The highest BCUT2D eigenvalue weighted by molar-refractivity contribution is 6.31. The Kier molecular flexibility index (Phi) is 3.55. The van der Waals surface area contributed by atoms with E-state index in [9.17, 15) is 4.79 Å². The van der Waals surface area contributed by atoms with Crippen molar-refractivity contribution in [3.8, 4) is 0 Å². The van der Waals surface area contributed by atoms with Crippen LogP contribution < -0.4 is 0 Å². The van der Waals surface area contributed by atoms with Crippen LogP contribution in [0.4, 0.5) is 0 Å². The Labute approximate surface area is 105 Å². The van der Waals surface area contributed by atoms with Crippen LogP contribution in [0.1, 0.15) is 21.5 Å². The lowest BCUT2D eigenvalue weighted by Gasteiger charge is -2.03. The number of pyridine rings is 1. The molecule has 0 fully saturated rings. The van der Waals surface area contributed by atoms with Crippen molar-refractivity contribution in [2.24, 2.45) is 0 Å². The maximum Gasteiger partial charge on any atom is 0.167 e. The van der Waals surface area contributed by atoms with E-state index in [1.807, 2.05) is 31.2 Å². The Hall–Kier alpha value is -1.67. The number of benzene rings is 1. The van der Waals surface area contributed by atoms with E-state index in [0.717, 1.165) is 11.1 Å². The van der Waals surface area contributed by atoms with E-state index in [1.54, 1.807) is 18.5 Å². The van der Waals surface area contributed by atoms with Crippen molar-refractivity contribution in [2.45, 2.75) is 13.3 Å². The SMILES string of the molecule is Cc1cc(Cl)cc(C(=O)Cc2cccnc2)c1. The quantitative estimate of drug-likeness (QED) is 0.775. The normalized spacial score (nSPS) is 10.2. The molecule has 0 atom stereocenters. The Morgan fingerprint density at radius 2 is 2.18 bits per heavy atom. The number of halogens is 1. The maximum atomic E-state index is 12.0. The minimum Gasteiger partial charge on any atom is -0.294 e.